The molecule has 0 unspecified atom stereocenters. The van der Waals surface area contributed by atoms with E-state index in [-0.39, 0.29) is 11.9 Å². The highest BCUT2D eigenvalue weighted by Gasteiger charge is 2.29. The number of carbonyl (C=O) groups excluding carboxylic acids is 1. The summed E-state index contributed by atoms with van der Waals surface area (Å²) in [5.41, 5.74) is 2.42. The number of aryl methyl sites for hydroxylation is 1. The number of carbonyl (C=O) groups is 1. The number of amides is 1. The molecule has 0 bridgehead atoms. The van der Waals surface area contributed by atoms with Crippen LogP contribution in [-0.2, 0) is 17.8 Å². The monoisotopic (exact) mass is 339 g/mol. The first-order valence-electron chi connectivity index (χ1n) is 8.22. The second-order valence-electron chi connectivity index (χ2n) is 6.07. The highest BCUT2D eigenvalue weighted by atomic mass is 32.1. The summed E-state index contributed by atoms with van der Waals surface area (Å²) in [6.07, 6.45) is 1.30. The highest BCUT2D eigenvalue weighted by Crippen LogP contribution is 2.16. The van der Waals surface area contributed by atoms with E-state index in [1.165, 1.54) is 11.1 Å². The third kappa shape index (κ3) is 4.22. The van der Waals surface area contributed by atoms with Crippen LogP contribution in [0.1, 0.15) is 17.5 Å². The molecule has 1 fully saturated rings. The van der Waals surface area contributed by atoms with Gasteiger partial charge in [-0.3, -0.25) is 9.69 Å². The number of piperazine rings is 1. The summed E-state index contributed by atoms with van der Waals surface area (Å²) < 4.78 is 0. The fraction of sp³-hybridized carbons (Fsp3) is 0.368. The van der Waals surface area contributed by atoms with Gasteiger partial charge in [0.25, 0.3) is 0 Å². The number of hydrogen-bond acceptors (Lipinski definition) is 4. The quantitative estimate of drug-likeness (QED) is 0.841. The molecule has 1 amide bonds. The fourth-order valence-electron chi connectivity index (χ4n) is 3.02. The van der Waals surface area contributed by atoms with Crippen molar-refractivity contribution in [2.75, 3.05) is 19.6 Å². The highest BCUT2D eigenvalue weighted by molar-refractivity contribution is 7.07. The Morgan fingerprint density at radius 1 is 1.21 bits per heavy atom. The largest absolute Gasteiger partial charge is 0.339 e. The SMILES string of the molecule is N#C[C@@H]1CN(C(=O)CCc2ccsc2)CCN1Cc1ccccc1. The molecule has 5 heteroatoms. The molecule has 1 saturated heterocycles. The molecule has 1 aliphatic heterocycles. The van der Waals surface area contributed by atoms with Crippen molar-refractivity contribution in [3.8, 4) is 6.07 Å². The van der Waals surface area contributed by atoms with Crippen molar-refractivity contribution in [2.45, 2.75) is 25.4 Å². The molecule has 0 saturated carbocycles. The van der Waals surface area contributed by atoms with E-state index in [0.717, 1.165) is 19.5 Å². The zero-order valence-corrected chi connectivity index (χ0v) is 14.4. The molecule has 0 spiro atoms. The zero-order chi connectivity index (χ0) is 16.8. The van der Waals surface area contributed by atoms with Crippen LogP contribution >= 0.6 is 11.3 Å². The maximum atomic E-state index is 12.4. The van der Waals surface area contributed by atoms with E-state index < -0.39 is 0 Å². The topological polar surface area (TPSA) is 47.3 Å². The minimum absolute atomic E-state index is 0.154. The van der Waals surface area contributed by atoms with Gasteiger partial charge in [0.15, 0.2) is 0 Å². The van der Waals surface area contributed by atoms with Crippen LogP contribution in [0.4, 0.5) is 0 Å². The predicted molar refractivity (Wildman–Crippen MR) is 95.5 cm³/mol. The summed E-state index contributed by atoms with van der Waals surface area (Å²) in [6, 6.07) is 14.4. The second kappa shape index (κ2) is 8.09. The summed E-state index contributed by atoms with van der Waals surface area (Å²) >= 11 is 1.66. The summed E-state index contributed by atoms with van der Waals surface area (Å²) in [7, 11) is 0. The van der Waals surface area contributed by atoms with Crippen LogP contribution in [0.15, 0.2) is 47.2 Å². The Hall–Kier alpha value is -2.16. The minimum Gasteiger partial charge on any atom is -0.339 e. The van der Waals surface area contributed by atoms with Gasteiger partial charge in [0, 0.05) is 32.6 Å². The first-order valence-corrected chi connectivity index (χ1v) is 9.17. The van der Waals surface area contributed by atoms with Crippen LogP contribution in [0.2, 0.25) is 0 Å². The molecule has 3 rings (SSSR count). The van der Waals surface area contributed by atoms with Crippen LogP contribution in [-0.4, -0.2) is 41.4 Å². The first-order chi connectivity index (χ1) is 11.8. The number of rotatable bonds is 5. The van der Waals surface area contributed by atoms with Gasteiger partial charge in [-0.25, -0.2) is 0 Å². The fourth-order valence-corrected chi connectivity index (χ4v) is 3.72. The number of benzene rings is 1. The third-order valence-corrected chi connectivity index (χ3v) is 5.16. The Morgan fingerprint density at radius 3 is 2.75 bits per heavy atom. The average molecular weight is 339 g/mol. The summed E-state index contributed by atoms with van der Waals surface area (Å²) in [6.45, 7) is 2.71. The summed E-state index contributed by atoms with van der Waals surface area (Å²) in [4.78, 5) is 16.4. The van der Waals surface area contributed by atoms with E-state index in [1.54, 1.807) is 11.3 Å². The van der Waals surface area contributed by atoms with Crippen molar-refractivity contribution in [1.29, 1.82) is 5.26 Å². The van der Waals surface area contributed by atoms with E-state index in [0.29, 0.717) is 19.5 Å². The van der Waals surface area contributed by atoms with Gasteiger partial charge in [0.05, 0.1) is 6.07 Å². The molecular formula is C19H21N3OS. The normalized spacial score (nSPS) is 18.3. The van der Waals surface area contributed by atoms with E-state index >= 15 is 0 Å². The Labute approximate surface area is 146 Å². The molecule has 0 N–H and O–H groups in total. The Balaban J connectivity index is 1.54. The molecule has 124 valence electrons. The van der Waals surface area contributed by atoms with Crippen molar-refractivity contribution in [3.63, 3.8) is 0 Å². The van der Waals surface area contributed by atoms with Crippen molar-refractivity contribution < 1.29 is 4.79 Å². The second-order valence-corrected chi connectivity index (χ2v) is 6.85. The van der Waals surface area contributed by atoms with Crippen molar-refractivity contribution >= 4 is 17.2 Å². The van der Waals surface area contributed by atoms with Crippen LogP contribution in [0.25, 0.3) is 0 Å². The Kier molecular flexibility index (Phi) is 5.63. The molecule has 1 aromatic heterocycles. The van der Waals surface area contributed by atoms with Gasteiger partial charge in [0.2, 0.25) is 5.91 Å². The van der Waals surface area contributed by atoms with Gasteiger partial charge in [-0.15, -0.1) is 0 Å². The molecule has 2 aromatic rings. The molecule has 0 radical (unpaired) electrons. The van der Waals surface area contributed by atoms with Crippen molar-refractivity contribution in [1.82, 2.24) is 9.80 Å². The molecule has 2 heterocycles. The van der Waals surface area contributed by atoms with Gasteiger partial charge in [-0.1, -0.05) is 30.3 Å². The van der Waals surface area contributed by atoms with E-state index in [1.807, 2.05) is 28.5 Å². The standard InChI is InChI=1S/C19H21N3OS/c20-12-18-14-22(19(23)7-6-17-8-11-24-15-17)10-9-21(18)13-16-4-2-1-3-5-16/h1-5,8,11,15,18H,6-7,9-10,13-14H2/t18-/m1/s1. The van der Waals surface area contributed by atoms with Crippen molar-refractivity contribution in [2.24, 2.45) is 0 Å². The number of nitrogens with zero attached hydrogens (tertiary/aromatic N) is 3. The smallest absolute Gasteiger partial charge is 0.223 e. The lowest BCUT2D eigenvalue weighted by molar-refractivity contribution is -0.133. The molecule has 1 atom stereocenters. The van der Waals surface area contributed by atoms with Gasteiger partial charge in [-0.2, -0.15) is 16.6 Å². The molecular weight excluding hydrogens is 318 g/mol. The number of nitriles is 1. The lowest BCUT2D eigenvalue weighted by atomic mass is 10.1. The number of hydrogen-bond donors (Lipinski definition) is 0. The number of thiophene rings is 1. The molecule has 4 nitrogen and oxygen atoms in total. The minimum atomic E-state index is -0.232. The van der Waals surface area contributed by atoms with Crippen LogP contribution in [0, 0.1) is 11.3 Å². The first kappa shape index (κ1) is 16.7. The summed E-state index contributed by atoms with van der Waals surface area (Å²) in [5.74, 6) is 0.154. The van der Waals surface area contributed by atoms with E-state index in [9.17, 15) is 10.1 Å². The zero-order valence-electron chi connectivity index (χ0n) is 13.6. The lowest BCUT2D eigenvalue weighted by Crippen LogP contribution is -2.53. The maximum Gasteiger partial charge on any atom is 0.223 e. The lowest BCUT2D eigenvalue weighted by Gasteiger charge is -2.38. The Bertz CT molecular complexity index is 693. The predicted octanol–water partition coefficient (Wildman–Crippen LogP) is 2.92. The summed E-state index contributed by atoms with van der Waals surface area (Å²) in [5, 5.41) is 13.6. The molecule has 24 heavy (non-hydrogen) atoms. The van der Waals surface area contributed by atoms with Crippen LogP contribution in [0.3, 0.4) is 0 Å². The Morgan fingerprint density at radius 2 is 2.04 bits per heavy atom. The van der Waals surface area contributed by atoms with Crippen LogP contribution < -0.4 is 0 Å². The molecule has 0 aliphatic carbocycles. The van der Waals surface area contributed by atoms with E-state index in [2.05, 4.69) is 34.5 Å². The van der Waals surface area contributed by atoms with Crippen LogP contribution in [0.5, 0.6) is 0 Å². The molecule has 1 aliphatic rings. The maximum absolute atomic E-state index is 12.4. The van der Waals surface area contributed by atoms with Gasteiger partial charge < -0.3 is 4.90 Å². The van der Waals surface area contributed by atoms with Gasteiger partial charge in [0.1, 0.15) is 6.04 Å². The third-order valence-electron chi connectivity index (χ3n) is 4.43. The average Bonchev–Trinajstić information content (AvgIpc) is 3.14. The van der Waals surface area contributed by atoms with Gasteiger partial charge >= 0.3 is 0 Å². The van der Waals surface area contributed by atoms with Gasteiger partial charge in [-0.05, 0) is 34.4 Å². The van der Waals surface area contributed by atoms with Crippen molar-refractivity contribution in [3.05, 3.63) is 58.3 Å². The van der Waals surface area contributed by atoms with E-state index in [4.69, 9.17) is 0 Å². The molecule has 1 aromatic carbocycles.